The third-order valence-electron chi connectivity index (χ3n) is 3.85. The Morgan fingerprint density at radius 2 is 1.93 bits per heavy atom. The van der Waals surface area contributed by atoms with Crippen molar-refractivity contribution in [2.45, 2.75) is 26.1 Å². The highest BCUT2D eigenvalue weighted by Crippen LogP contribution is 2.21. The zero-order valence-electron chi connectivity index (χ0n) is 15.3. The molecule has 1 fully saturated rings. The van der Waals surface area contributed by atoms with E-state index in [1.54, 1.807) is 0 Å². The molecule has 7 nitrogen and oxygen atoms in total. The number of nitrogens with one attached hydrogen (secondary N) is 1. The zero-order chi connectivity index (χ0) is 20.0. The lowest BCUT2D eigenvalue weighted by atomic mass is 10.2. The van der Waals surface area contributed by atoms with Gasteiger partial charge in [0.2, 0.25) is 11.8 Å². The van der Waals surface area contributed by atoms with Gasteiger partial charge < -0.3 is 15.0 Å². The normalized spacial score (nSPS) is 15.7. The van der Waals surface area contributed by atoms with Gasteiger partial charge in [-0.3, -0.25) is 14.5 Å². The van der Waals surface area contributed by atoms with E-state index in [0.29, 0.717) is 26.2 Å². The summed E-state index contributed by atoms with van der Waals surface area (Å²) in [5.74, 6) is -0.856. The molecule has 10 heteroatoms. The molecular weight excluding hydrogens is 365 g/mol. The second kappa shape index (κ2) is 9.03. The molecule has 27 heavy (non-hydrogen) atoms. The van der Waals surface area contributed by atoms with Crippen LogP contribution in [0.15, 0.2) is 18.3 Å². The van der Waals surface area contributed by atoms with Crippen molar-refractivity contribution in [2.75, 3.05) is 39.3 Å². The minimum Gasteiger partial charge on any atom is -0.467 e. The van der Waals surface area contributed by atoms with Gasteiger partial charge in [0, 0.05) is 38.4 Å². The summed E-state index contributed by atoms with van der Waals surface area (Å²) in [6, 6.07) is 2.92. The summed E-state index contributed by atoms with van der Waals surface area (Å²) >= 11 is 0. The monoisotopic (exact) mass is 388 g/mol. The first-order chi connectivity index (χ1) is 12.7. The number of piperazine rings is 1. The molecule has 0 bridgehead atoms. The van der Waals surface area contributed by atoms with Crippen LogP contribution in [-0.4, -0.2) is 78.1 Å². The Kier molecular flexibility index (Phi) is 7.00. The van der Waals surface area contributed by atoms with E-state index in [1.165, 1.54) is 23.2 Å². The summed E-state index contributed by atoms with van der Waals surface area (Å²) in [5.41, 5.74) is -0.00671. The number of rotatable bonds is 6. The van der Waals surface area contributed by atoms with Crippen LogP contribution < -0.4 is 10.1 Å². The Balaban J connectivity index is 1.93. The van der Waals surface area contributed by atoms with E-state index in [-0.39, 0.29) is 29.9 Å². The molecular formula is C17H23F3N4O3. The summed E-state index contributed by atoms with van der Waals surface area (Å²) in [6.45, 7) is 4.20. The van der Waals surface area contributed by atoms with Gasteiger partial charge in [0.25, 0.3) is 5.91 Å². The maximum Gasteiger partial charge on any atom is 0.422 e. The highest BCUT2D eigenvalue weighted by Gasteiger charge is 2.31. The second-order valence-corrected chi connectivity index (χ2v) is 6.55. The second-order valence-electron chi connectivity index (χ2n) is 6.55. The number of carbonyl (C=O) groups is 2. The van der Waals surface area contributed by atoms with Crippen LogP contribution in [0.25, 0.3) is 0 Å². The Labute approximate surface area is 155 Å². The van der Waals surface area contributed by atoms with Crippen LogP contribution in [0.5, 0.6) is 5.88 Å². The van der Waals surface area contributed by atoms with Gasteiger partial charge in [0.15, 0.2) is 6.61 Å². The number of hydrogen-bond acceptors (Lipinski definition) is 5. The fourth-order valence-electron chi connectivity index (χ4n) is 2.67. The van der Waals surface area contributed by atoms with E-state index < -0.39 is 18.7 Å². The van der Waals surface area contributed by atoms with Crippen molar-refractivity contribution in [1.29, 1.82) is 0 Å². The summed E-state index contributed by atoms with van der Waals surface area (Å²) in [6.07, 6.45) is -3.24. The largest absolute Gasteiger partial charge is 0.467 e. The van der Waals surface area contributed by atoms with Crippen LogP contribution in [0.2, 0.25) is 0 Å². The summed E-state index contributed by atoms with van der Waals surface area (Å²) in [7, 11) is 0. The van der Waals surface area contributed by atoms with E-state index in [0.717, 1.165) is 0 Å². The molecule has 1 aliphatic heterocycles. The highest BCUT2D eigenvalue weighted by molar-refractivity contribution is 5.96. The molecule has 0 saturated carbocycles. The molecule has 1 N–H and O–H groups in total. The lowest BCUT2D eigenvalue weighted by molar-refractivity contribution is -0.154. The van der Waals surface area contributed by atoms with Crippen molar-refractivity contribution < 1.29 is 27.5 Å². The van der Waals surface area contributed by atoms with E-state index in [4.69, 9.17) is 0 Å². The van der Waals surface area contributed by atoms with Crippen molar-refractivity contribution in [3.05, 3.63) is 23.9 Å². The fraction of sp³-hybridized carbons (Fsp3) is 0.588. The Morgan fingerprint density at radius 3 is 2.52 bits per heavy atom. The average molecular weight is 388 g/mol. The zero-order valence-corrected chi connectivity index (χ0v) is 15.3. The lowest BCUT2D eigenvalue weighted by Gasteiger charge is -2.34. The maximum atomic E-state index is 12.6. The topological polar surface area (TPSA) is 74.8 Å². The number of alkyl halides is 3. The van der Waals surface area contributed by atoms with Gasteiger partial charge in [-0.1, -0.05) is 0 Å². The van der Waals surface area contributed by atoms with Crippen LogP contribution in [0.3, 0.4) is 0 Å². The Bertz CT molecular complexity index is 659. The van der Waals surface area contributed by atoms with Gasteiger partial charge in [-0.05, 0) is 26.0 Å². The molecule has 0 aromatic carbocycles. The van der Waals surface area contributed by atoms with Crippen molar-refractivity contribution in [3.8, 4) is 5.88 Å². The van der Waals surface area contributed by atoms with Crippen molar-refractivity contribution in [3.63, 3.8) is 0 Å². The first-order valence-electron chi connectivity index (χ1n) is 8.61. The van der Waals surface area contributed by atoms with Crippen LogP contribution in [0.4, 0.5) is 13.2 Å². The third-order valence-corrected chi connectivity index (χ3v) is 3.85. The lowest BCUT2D eigenvalue weighted by Crippen LogP contribution is -2.51. The minimum absolute atomic E-state index is 0.00671. The van der Waals surface area contributed by atoms with Crippen LogP contribution >= 0.6 is 0 Å². The quantitative estimate of drug-likeness (QED) is 0.795. The third kappa shape index (κ3) is 6.70. The van der Waals surface area contributed by atoms with Crippen molar-refractivity contribution >= 4 is 11.8 Å². The molecule has 0 aliphatic carbocycles. The summed E-state index contributed by atoms with van der Waals surface area (Å²) in [5, 5.41) is 2.81. The van der Waals surface area contributed by atoms with Crippen molar-refractivity contribution in [2.24, 2.45) is 0 Å². The minimum atomic E-state index is -4.51. The van der Waals surface area contributed by atoms with E-state index in [2.05, 4.69) is 15.0 Å². The molecule has 1 aliphatic rings. The molecule has 150 valence electrons. The molecule has 2 amide bonds. The predicted octanol–water partition coefficient (Wildman–Crippen LogP) is 1.31. The molecule has 1 aromatic rings. The number of hydrogen-bond donors (Lipinski definition) is 1. The number of halogens is 3. The number of pyridine rings is 1. The van der Waals surface area contributed by atoms with Crippen LogP contribution in [0, 0.1) is 0 Å². The predicted molar refractivity (Wildman–Crippen MR) is 91.4 cm³/mol. The molecule has 2 rings (SSSR count). The molecule has 0 atom stereocenters. The van der Waals surface area contributed by atoms with Crippen LogP contribution in [-0.2, 0) is 4.79 Å². The molecule has 0 radical (unpaired) electrons. The van der Waals surface area contributed by atoms with Gasteiger partial charge in [0.1, 0.15) is 5.56 Å². The standard InChI is InChI=1S/C17H23F3N4O3/c1-12(2)22-14(25)10-23-6-8-24(9-7-23)16(26)13-4-3-5-21-15(13)27-11-17(18,19)20/h3-5,12H,6-11H2,1-2H3,(H,22,25). The molecule has 1 saturated heterocycles. The summed E-state index contributed by atoms with van der Waals surface area (Å²) in [4.78, 5) is 31.6. The molecule has 0 unspecified atom stereocenters. The number of amides is 2. The highest BCUT2D eigenvalue weighted by atomic mass is 19.4. The SMILES string of the molecule is CC(C)NC(=O)CN1CCN(C(=O)c2cccnc2OCC(F)(F)F)CC1. The Morgan fingerprint density at radius 1 is 1.26 bits per heavy atom. The van der Waals surface area contributed by atoms with Gasteiger partial charge in [-0.15, -0.1) is 0 Å². The average Bonchev–Trinajstić information content (AvgIpc) is 2.59. The first-order valence-corrected chi connectivity index (χ1v) is 8.61. The molecule has 1 aromatic heterocycles. The smallest absolute Gasteiger partial charge is 0.422 e. The van der Waals surface area contributed by atoms with E-state index >= 15 is 0 Å². The van der Waals surface area contributed by atoms with Gasteiger partial charge in [-0.2, -0.15) is 13.2 Å². The number of ether oxygens (including phenoxy) is 1. The number of nitrogens with zero attached hydrogens (tertiary/aromatic N) is 3. The summed E-state index contributed by atoms with van der Waals surface area (Å²) < 4.78 is 41.8. The number of carbonyl (C=O) groups excluding carboxylic acids is 2. The van der Waals surface area contributed by atoms with Crippen molar-refractivity contribution in [1.82, 2.24) is 20.1 Å². The Hall–Kier alpha value is -2.36. The molecule has 0 spiro atoms. The van der Waals surface area contributed by atoms with Gasteiger partial charge in [0.05, 0.1) is 6.54 Å². The van der Waals surface area contributed by atoms with Gasteiger partial charge >= 0.3 is 6.18 Å². The van der Waals surface area contributed by atoms with E-state index in [9.17, 15) is 22.8 Å². The molecule has 2 heterocycles. The number of aromatic nitrogens is 1. The van der Waals surface area contributed by atoms with E-state index in [1.807, 2.05) is 18.7 Å². The maximum absolute atomic E-state index is 12.6. The van der Waals surface area contributed by atoms with Crippen LogP contribution in [0.1, 0.15) is 24.2 Å². The van der Waals surface area contributed by atoms with Gasteiger partial charge in [-0.25, -0.2) is 4.98 Å². The fourth-order valence-corrected chi connectivity index (χ4v) is 2.67. The first kappa shape index (κ1) is 20.9.